The second kappa shape index (κ2) is 7.10. The minimum atomic E-state index is -0.813. The Morgan fingerprint density at radius 2 is 2.05 bits per heavy atom. The van der Waals surface area contributed by atoms with E-state index in [1.54, 1.807) is 36.8 Å². The van der Waals surface area contributed by atoms with E-state index in [2.05, 4.69) is 5.32 Å². The Morgan fingerprint density at radius 1 is 1.29 bits per heavy atom. The molecular formula is C15H17NO4S. The van der Waals surface area contributed by atoms with Gasteiger partial charge in [-0.25, -0.2) is 0 Å². The minimum absolute atomic E-state index is 0.129. The van der Waals surface area contributed by atoms with Crippen LogP contribution in [0.25, 0.3) is 0 Å². The largest absolute Gasteiger partial charge is 0.493 e. The number of methoxy groups -OCH3 is 2. The number of benzene rings is 1. The summed E-state index contributed by atoms with van der Waals surface area (Å²) in [6.45, 7) is 0.129. The van der Waals surface area contributed by atoms with Gasteiger partial charge < -0.3 is 19.9 Å². The molecule has 0 radical (unpaired) electrons. The average Bonchev–Trinajstić information content (AvgIpc) is 3.06. The normalized spacial score (nSPS) is 11.8. The highest BCUT2D eigenvalue weighted by Crippen LogP contribution is 2.29. The van der Waals surface area contributed by atoms with Gasteiger partial charge in [-0.1, -0.05) is 6.07 Å². The molecule has 0 aliphatic heterocycles. The average molecular weight is 307 g/mol. The predicted molar refractivity (Wildman–Crippen MR) is 81.2 cm³/mol. The molecule has 2 rings (SSSR count). The molecule has 0 aliphatic rings. The van der Waals surface area contributed by atoms with Crippen molar-refractivity contribution in [1.29, 1.82) is 0 Å². The van der Waals surface area contributed by atoms with Crippen molar-refractivity contribution in [2.24, 2.45) is 0 Å². The van der Waals surface area contributed by atoms with Crippen molar-refractivity contribution in [3.05, 3.63) is 46.2 Å². The van der Waals surface area contributed by atoms with Crippen LogP contribution in [0.15, 0.2) is 35.0 Å². The van der Waals surface area contributed by atoms with Crippen molar-refractivity contribution in [3.8, 4) is 11.5 Å². The molecule has 112 valence electrons. The van der Waals surface area contributed by atoms with Gasteiger partial charge in [0.15, 0.2) is 11.5 Å². The monoisotopic (exact) mass is 307 g/mol. The van der Waals surface area contributed by atoms with Crippen LogP contribution in [0, 0.1) is 0 Å². The van der Waals surface area contributed by atoms with Crippen LogP contribution in [0.2, 0.25) is 0 Å². The second-order valence-electron chi connectivity index (χ2n) is 4.35. The molecule has 0 fully saturated rings. The Bertz CT molecular complexity index is 598. The molecule has 5 nitrogen and oxygen atoms in total. The lowest BCUT2D eigenvalue weighted by Crippen LogP contribution is -2.28. The van der Waals surface area contributed by atoms with Gasteiger partial charge in [-0.05, 0) is 29.1 Å². The number of carbonyl (C=O) groups excluding carboxylic acids is 1. The molecule has 0 saturated heterocycles. The van der Waals surface area contributed by atoms with E-state index >= 15 is 0 Å². The van der Waals surface area contributed by atoms with E-state index < -0.39 is 6.10 Å². The summed E-state index contributed by atoms with van der Waals surface area (Å²) >= 11 is 1.45. The Balaban J connectivity index is 2.00. The molecule has 1 aromatic heterocycles. The van der Waals surface area contributed by atoms with Gasteiger partial charge >= 0.3 is 0 Å². The Morgan fingerprint density at radius 3 is 2.67 bits per heavy atom. The first kappa shape index (κ1) is 15.3. The number of amides is 1. The summed E-state index contributed by atoms with van der Waals surface area (Å²) in [7, 11) is 3.08. The van der Waals surface area contributed by atoms with Gasteiger partial charge in [0.1, 0.15) is 0 Å². The molecular weight excluding hydrogens is 290 g/mol. The van der Waals surface area contributed by atoms with Crippen LogP contribution in [-0.2, 0) is 0 Å². The van der Waals surface area contributed by atoms with E-state index in [1.165, 1.54) is 18.4 Å². The number of rotatable bonds is 6. The SMILES string of the molecule is COc1ccc([C@@H](O)CNC(=O)c2ccsc2)cc1OC. The highest BCUT2D eigenvalue weighted by molar-refractivity contribution is 7.08. The van der Waals surface area contributed by atoms with E-state index in [1.807, 2.05) is 5.38 Å². The summed E-state index contributed by atoms with van der Waals surface area (Å²) in [5, 5.41) is 16.4. The number of thiophene rings is 1. The molecule has 1 heterocycles. The summed E-state index contributed by atoms with van der Waals surface area (Å²) in [4.78, 5) is 11.8. The quantitative estimate of drug-likeness (QED) is 0.859. The molecule has 1 aromatic carbocycles. The fourth-order valence-electron chi connectivity index (χ4n) is 1.86. The lowest BCUT2D eigenvalue weighted by Gasteiger charge is -2.14. The van der Waals surface area contributed by atoms with Crippen molar-refractivity contribution < 1.29 is 19.4 Å². The summed E-state index contributed by atoms with van der Waals surface area (Å²) in [5.74, 6) is 0.935. The van der Waals surface area contributed by atoms with Crippen LogP contribution in [0.3, 0.4) is 0 Å². The zero-order chi connectivity index (χ0) is 15.2. The van der Waals surface area contributed by atoms with Crippen LogP contribution < -0.4 is 14.8 Å². The first-order valence-electron chi connectivity index (χ1n) is 6.36. The number of hydrogen-bond acceptors (Lipinski definition) is 5. The minimum Gasteiger partial charge on any atom is -0.493 e. The van der Waals surface area contributed by atoms with Crippen molar-refractivity contribution in [3.63, 3.8) is 0 Å². The molecule has 6 heteroatoms. The van der Waals surface area contributed by atoms with Gasteiger partial charge in [-0.15, -0.1) is 0 Å². The summed E-state index contributed by atoms with van der Waals surface area (Å²) in [6.07, 6.45) is -0.813. The maximum Gasteiger partial charge on any atom is 0.252 e. The third kappa shape index (κ3) is 3.74. The third-order valence-corrected chi connectivity index (χ3v) is 3.71. The lowest BCUT2D eigenvalue weighted by molar-refractivity contribution is 0.0916. The second-order valence-corrected chi connectivity index (χ2v) is 5.13. The molecule has 0 spiro atoms. The molecule has 2 N–H and O–H groups in total. The first-order chi connectivity index (χ1) is 10.2. The smallest absolute Gasteiger partial charge is 0.252 e. The molecule has 0 unspecified atom stereocenters. The summed E-state index contributed by atoms with van der Waals surface area (Å²) < 4.78 is 10.3. The van der Waals surface area contributed by atoms with E-state index in [0.29, 0.717) is 22.6 Å². The fourth-order valence-corrected chi connectivity index (χ4v) is 2.50. The molecule has 1 amide bonds. The first-order valence-corrected chi connectivity index (χ1v) is 7.30. The van der Waals surface area contributed by atoms with Gasteiger partial charge in [-0.2, -0.15) is 11.3 Å². The molecule has 21 heavy (non-hydrogen) atoms. The number of hydrogen-bond donors (Lipinski definition) is 2. The van der Waals surface area contributed by atoms with Crippen LogP contribution in [0.1, 0.15) is 22.0 Å². The molecule has 2 aromatic rings. The highest BCUT2D eigenvalue weighted by Gasteiger charge is 2.13. The van der Waals surface area contributed by atoms with Crippen molar-refractivity contribution in [2.75, 3.05) is 20.8 Å². The van der Waals surface area contributed by atoms with Gasteiger partial charge in [0.2, 0.25) is 0 Å². The van der Waals surface area contributed by atoms with Crippen molar-refractivity contribution in [1.82, 2.24) is 5.32 Å². The number of carbonyl (C=O) groups is 1. The Kier molecular flexibility index (Phi) is 5.19. The number of aliphatic hydroxyl groups excluding tert-OH is 1. The zero-order valence-electron chi connectivity index (χ0n) is 11.8. The summed E-state index contributed by atoms with van der Waals surface area (Å²) in [6, 6.07) is 6.89. The standard InChI is InChI=1S/C15H17NO4S/c1-19-13-4-3-10(7-14(13)20-2)12(17)8-16-15(18)11-5-6-21-9-11/h3-7,9,12,17H,8H2,1-2H3,(H,16,18)/t12-/m0/s1. The maximum absolute atomic E-state index is 11.8. The molecule has 0 bridgehead atoms. The van der Waals surface area contributed by atoms with E-state index in [9.17, 15) is 9.90 Å². The van der Waals surface area contributed by atoms with Crippen LogP contribution >= 0.6 is 11.3 Å². The number of nitrogens with one attached hydrogen (secondary N) is 1. The fraction of sp³-hybridized carbons (Fsp3) is 0.267. The van der Waals surface area contributed by atoms with E-state index in [-0.39, 0.29) is 12.5 Å². The summed E-state index contributed by atoms with van der Waals surface area (Å²) in [5.41, 5.74) is 1.25. The predicted octanol–water partition coefficient (Wildman–Crippen LogP) is 2.23. The van der Waals surface area contributed by atoms with Crippen molar-refractivity contribution in [2.45, 2.75) is 6.10 Å². The van der Waals surface area contributed by atoms with Gasteiger partial charge in [0.25, 0.3) is 5.91 Å². The molecule has 0 aliphatic carbocycles. The maximum atomic E-state index is 11.8. The van der Waals surface area contributed by atoms with Crippen LogP contribution in [0.5, 0.6) is 11.5 Å². The van der Waals surface area contributed by atoms with E-state index in [4.69, 9.17) is 9.47 Å². The van der Waals surface area contributed by atoms with Gasteiger partial charge in [0.05, 0.1) is 20.3 Å². The topological polar surface area (TPSA) is 67.8 Å². The van der Waals surface area contributed by atoms with Gasteiger partial charge in [0, 0.05) is 17.5 Å². The lowest BCUT2D eigenvalue weighted by atomic mass is 10.1. The number of ether oxygens (including phenoxy) is 2. The van der Waals surface area contributed by atoms with Crippen molar-refractivity contribution >= 4 is 17.2 Å². The Labute approximate surface area is 127 Å². The Hall–Kier alpha value is -2.05. The molecule has 1 atom stereocenters. The highest BCUT2D eigenvalue weighted by atomic mass is 32.1. The van der Waals surface area contributed by atoms with E-state index in [0.717, 1.165) is 0 Å². The van der Waals surface area contributed by atoms with Crippen LogP contribution in [-0.4, -0.2) is 31.8 Å². The molecule has 0 saturated carbocycles. The third-order valence-electron chi connectivity index (χ3n) is 3.03. The zero-order valence-corrected chi connectivity index (χ0v) is 12.6. The van der Waals surface area contributed by atoms with Crippen LogP contribution in [0.4, 0.5) is 0 Å². The van der Waals surface area contributed by atoms with Gasteiger partial charge in [-0.3, -0.25) is 4.79 Å². The number of aliphatic hydroxyl groups is 1.